The number of hydrogen-bond donors (Lipinski definition) is 1. The van der Waals surface area contributed by atoms with Crippen LogP contribution in [0.25, 0.3) is 11.0 Å². The van der Waals surface area contributed by atoms with E-state index in [0.717, 1.165) is 5.39 Å². The van der Waals surface area contributed by atoms with E-state index < -0.39 is 17.5 Å². The first kappa shape index (κ1) is 23.5. The Labute approximate surface area is 214 Å². The number of nitrogens with zero attached hydrogens (tertiary/aromatic N) is 2. The van der Waals surface area contributed by atoms with Crippen LogP contribution in [-0.2, 0) is 9.59 Å². The molecule has 3 heterocycles. The number of rotatable bonds is 5. The van der Waals surface area contributed by atoms with Crippen molar-refractivity contribution in [2.24, 2.45) is 11.8 Å². The first-order chi connectivity index (χ1) is 17.8. The van der Waals surface area contributed by atoms with E-state index in [9.17, 15) is 19.2 Å². The highest BCUT2D eigenvalue weighted by atomic mass is 16.3. The van der Waals surface area contributed by atoms with Gasteiger partial charge in [-0.25, -0.2) is 0 Å². The molecule has 3 fully saturated rings. The molecular weight excluding hydrogens is 470 g/mol. The maximum Gasteiger partial charge on any atom is 0.287 e. The molecule has 8 heteroatoms. The van der Waals surface area contributed by atoms with Crippen LogP contribution in [0.15, 0.2) is 65.1 Å². The molecule has 1 saturated carbocycles. The molecule has 3 amide bonds. The molecule has 37 heavy (non-hydrogen) atoms. The second-order valence-electron chi connectivity index (χ2n) is 10.7. The lowest BCUT2D eigenvalue weighted by atomic mass is 10.0. The van der Waals surface area contributed by atoms with Gasteiger partial charge >= 0.3 is 0 Å². The van der Waals surface area contributed by atoms with E-state index in [0.29, 0.717) is 30.5 Å². The molecule has 2 saturated heterocycles. The number of carbonyl (C=O) groups excluding carboxylic acids is 4. The molecule has 2 aliphatic heterocycles. The average molecular weight is 500 g/mol. The molecule has 3 aromatic rings. The summed E-state index contributed by atoms with van der Waals surface area (Å²) in [6, 6.07) is 16.9. The van der Waals surface area contributed by atoms with Crippen LogP contribution in [0.1, 0.15) is 47.6 Å². The number of benzene rings is 2. The van der Waals surface area contributed by atoms with Crippen molar-refractivity contribution in [3.63, 3.8) is 0 Å². The van der Waals surface area contributed by atoms with E-state index in [-0.39, 0.29) is 47.8 Å². The highest BCUT2D eigenvalue weighted by Crippen LogP contribution is 2.51. The lowest BCUT2D eigenvalue weighted by Gasteiger charge is -2.29. The van der Waals surface area contributed by atoms with Crippen molar-refractivity contribution < 1.29 is 23.6 Å². The first-order valence-electron chi connectivity index (χ1n) is 12.8. The van der Waals surface area contributed by atoms with Crippen LogP contribution < -0.4 is 5.32 Å². The Kier molecular flexibility index (Phi) is 5.44. The standard InChI is InChI=1S/C29H29N3O5/c1-17(2)20-15-29(20,30-26(34)24-14-19-10-6-7-11-23(19)37-24)28(36)31-13-12-21-25(31)22(33)16-32(21)27(35)18-8-4-3-5-9-18/h3-11,14,17,20-21,25H,12-13,15-16H2,1-2H3,(H,30,34)/t20?,21-,25+,29-/m1/s1. The minimum atomic E-state index is -1.09. The van der Waals surface area contributed by atoms with Crippen molar-refractivity contribution in [1.82, 2.24) is 15.1 Å². The molecule has 190 valence electrons. The molecule has 1 N–H and O–H groups in total. The summed E-state index contributed by atoms with van der Waals surface area (Å²) in [5.41, 5.74) is 0.0414. The third-order valence-electron chi connectivity index (χ3n) is 8.15. The fourth-order valence-corrected chi connectivity index (χ4v) is 6.22. The quantitative estimate of drug-likeness (QED) is 0.581. The van der Waals surface area contributed by atoms with Crippen molar-refractivity contribution in [2.45, 2.75) is 44.3 Å². The van der Waals surface area contributed by atoms with Crippen molar-refractivity contribution in [3.8, 4) is 0 Å². The van der Waals surface area contributed by atoms with Gasteiger partial charge in [-0.3, -0.25) is 19.2 Å². The van der Waals surface area contributed by atoms with Crippen molar-refractivity contribution >= 4 is 34.5 Å². The number of furan rings is 1. The summed E-state index contributed by atoms with van der Waals surface area (Å²) in [7, 11) is 0. The molecule has 0 bridgehead atoms. The minimum absolute atomic E-state index is 0.0151. The number of amides is 3. The van der Waals surface area contributed by atoms with Gasteiger partial charge in [0.25, 0.3) is 11.8 Å². The van der Waals surface area contributed by atoms with Crippen LogP contribution >= 0.6 is 0 Å². The van der Waals surface area contributed by atoms with E-state index in [4.69, 9.17) is 4.42 Å². The van der Waals surface area contributed by atoms with Crippen LogP contribution in [0.5, 0.6) is 0 Å². The Morgan fingerprint density at radius 2 is 1.76 bits per heavy atom. The Morgan fingerprint density at radius 3 is 2.46 bits per heavy atom. The maximum atomic E-state index is 14.0. The largest absolute Gasteiger partial charge is 0.451 e. The third kappa shape index (κ3) is 3.74. The number of fused-ring (bicyclic) bond motifs is 2. The van der Waals surface area contributed by atoms with Crippen molar-refractivity contribution in [2.75, 3.05) is 13.1 Å². The van der Waals surface area contributed by atoms with E-state index in [1.165, 1.54) is 0 Å². The van der Waals surface area contributed by atoms with Crippen LogP contribution in [-0.4, -0.2) is 64.0 Å². The minimum Gasteiger partial charge on any atom is -0.451 e. The third-order valence-corrected chi connectivity index (χ3v) is 8.15. The summed E-state index contributed by atoms with van der Waals surface area (Å²) < 4.78 is 5.74. The van der Waals surface area contributed by atoms with Gasteiger partial charge in [-0.2, -0.15) is 0 Å². The van der Waals surface area contributed by atoms with Gasteiger partial charge in [0.1, 0.15) is 17.2 Å². The molecule has 1 aliphatic carbocycles. The lowest BCUT2D eigenvalue weighted by molar-refractivity contribution is -0.139. The fourth-order valence-electron chi connectivity index (χ4n) is 6.22. The van der Waals surface area contributed by atoms with Gasteiger partial charge < -0.3 is 19.5 Å². The molecule has 1 aromatic heterocycles. The smallest absolute Gasteiger partial charge is 0.287 e. The SMILES string of the molecule is CC(C)C1C[C@]1(NC(=O)c1cc2ccccc2o1)C(=O)N1CC[C@@H]2[C@H]1C(=O)CN2C(=O)c1ccccc1. The average Bonchev–Trinajstić information content (AvgIpc) is 3.19. The summed E-state index contributed by atoms with van der Waals surface area (Å²) in [4.78, 5) is 56.8. The molecule has 2 aromatic carbocycles. The topological polar surface area (TPSA) is 99.9 Å². The van der Waals surface area contributed by atoms with Crippen molar-refractivity contribution in [1.29, 1.82) is 0 Å². The Balaban J connectivity index is 1.24. The summed E-state index contributed by atoms with van der Waals surface area (Å²) >= 11 is 0. The number of nitrogens with one attached hydrogen (secondary N) is 1. The molecule has 0 spiro atoms. The second-order valence-corrected chi connectivity index (χ2v) is 10.7. The number of Topliss-reactive ketones (excluding diaryl/α,β-unsaturated/α-hetero) is 1. The fraction of sp³-hybridized carbons (Fsp3) is 0.379. The predicted molar refractivity (Wildman–Crippen MR) is 136 cm³/mol. The zero-order chi connectivity index (χ0) is 25.9. The highest BCUT2D eigenvalue weighted by Gasteiger charge is 2.66. The van der Waals surface area contributed by atoms with Gasteiger partial charge in [0.05, 0.1) is 12.6 Å². The number of para-hydroxylation sites is 1. The van der Waals surface area contributed by atoms with Crippen LogP contribution in [0.2, 0.25) is 0 Å². The zero-order valence-electron chi connectivity index (χ0n) is 20.8. The number of likely N-dealkylation sites (tertiary alicyclic amines) is 2. The van der Waals surface area contributed by atoms with Gasteiger partial charge in [0.15, 0.2) is 11.5 Å². The number of hydrogen-bond acceptors (Lipinski definition) is 5. The van der Waals surface area contributed by atoms with Crippen molar-refractivity contribution in [3.05, 3.63) is 72.0 Å². The van der Waals surface area contributed by atoms with Gasteiger partial charge in [0.2, 0.25) is 5.91 Å². The first-order valence-corrected chi connectivity index (χ1v) is 12.8. The van der Waals surface area contributed by atoms with E-state index in [2.05, 4.69) is 5.32 Å². The van der Waals surface area contributed by atoms with Gasteiger partial charge in [-0.15, -0.1) is 0 Å². The molecule has 6 rings (SSSR count). The molecular formula is C29H29N3O5. The summed E-state index contributed by atoms with van der Waals surface area (Å²) in [6.45, 7) is 4.41. The monoisotopic (exact) mass is 499 g/mol. The van der Waals surface area contributed by atoms with E-state index in [1.54, 1.807) is 46.2 Å². The maximum absolute atomic E-state index is 14.0. The predicted octanol–water partition coefficient (Wildman–Crippen LogP) is 3.27. The van der Waals surface area contributed by atoms with Gasteiger partial charge in [0, 0.05) is 17.5 Å². The van der Waals surface area contributed by atoms with Gasteiger partial charge in [-0.05, 0) is 48.9 Å². The van der Waals surface area contributed by atoms with Gasteiger partial charge in [-0.1, -0.05) is 50.2 Å². The van der Waals surface area contributed by atoms with Crippen LogP contribution in [0, 0.1) is 11.8 Å². The Bertz CT molecular complexity index is 1380. The number of ketones is 1. The summed E-state index contributed by atoms with van der Waals surface area (Å²) in [5.74, 6) is -0.762. The molecule has 3 aliphatic rings. The summed E-state index contributed by atoms with van der Waals surface area (Å²) in [6.07, 6.45) is 1.03. The Morgan fingerprint density at radius 1 is 1.03 bits per heavy atom. The molecule has 1 unspecified atom stereocenters. The van der Waals surface area contributed by atoms with E-state index >= 15 is 0 Å². The highest BCUT2D eigenvalue weighted by molar-refractivity contribution is 6.05. The van der Waals surface area contributed by atoms with Crippen LogP contribution in [0.3, 0.4) is 0 Å². The molecule has 0 radical (unpaired) electrons. The normalized spacial score (nSPS) is 26.6. The van der Waals surface area contributed by atoms with E-state index in [1.807, 2.05) is 38.1 Å². The molecule has 4 atom stereocenters. The second kappa shape index (κ2) is 8.57. The number of carbonyl (C=O) groups is 4. The lowest BCUT2D eigenvalue weighted by Crippen LogP contribution is -2.55. The summed E-state index contributed by atoms with van der Waals surface area (Å²) in [5, 5.41) is 3.80. The zero-order valence-corrected chi connectivity index (χ0v) is 20.8. The molecule has 8 nitrogen and oxygen atoms in total. The Hall–Kier alpha value is -3.94. The van der Waals surface area contributed by atoms with Crippen LogP contribution in [0.4, 0.5) is 0 Å².